The summed E-state index contributed by atoms with van der Waals surface area (Å²) in [7, 11) is 0. The molecule has 0 aliphatic rings. The van der Waals surface area contributed by atoms with Crippen molar-refractivity contribution < 1.29 is 14.3 Å². The summed E-state index contributed by atoms with van der Waals surface area (Å²) in [4.78, 5) is 22.8. The van der Waals surface area contributed by atoms with Gasteiger partial charge in [-0.2, -0.15) is 5.10 Å². The first kappa shape index (κ1) is 17.2. The molecule has 0 atom stereocenters. The Morgan fingerprint density at radius 2 is 2.05 bits per heavy atom. The minimum absolute atomic E-state index is 0.284. The highest BCUT2D eigenvalue weighted by Gasteiger charge is 2.06. The third-order valence-electron chi connectivity index (χ3n) is 2.39. The van der Waals surface area contributed by atoms with Gasteiger partial charge in [-0.1, -0.05) is 30.9 Å². The summed E-state index contributed by atoms with van der Waals surface area (Å²) in [6.45, 7) is 7.78. The molecular weight excluding hydrogens is 282 g/mol. The van der Waals surface area contributed by atoms with Gasteiger partial charge in [0.05, 0.1) is 6.21 Å². The van der Waals surface area contributed by atoms with E-state index in [9.17, 15) is 9.59 Å². The van der Waals surface area contributed by atoms with Crippen LogP contribution < -0.4 is 15.5 Å². The number of benzene rings is 1. The fraction of sp³-hybridized carbons (Fsp3) is 0.188. The van der Waals surface area contributed by atoms with E-state index in [1.807, 2.05) is 18.2 Å². The van der Waals surface area contributed by atoms with Gasteiger partial charge in [-0.05, 0) is 17.7 Å². The van der Waals surface area contributed by atoms with Gasteiger partial charge in [0.15, 0.2) is 0 Å². The van der Waals surface area contributed by atoms with Crippen LogP contribution in [-0.4, -0.2) is 31.2 Å². The zero-order valence-electron chi connectivity index (χ0n) is 12.2. The topological polar surface area (TPSA) is 79.8 Å². The number of carbonyl (C=O) groups excluding carboxylic acids is 2. The summed E-state index contributed by atoms with van der Waals surface area (Å²) in [5.41, 5.74) is 3.05. The van der Waals surface area contributed by atoms with E-state index < -0.39 is 5.91 Å². The van der Waals surface area contributed by atoms with Crippen molar-refractivity contribution in [1.29, 1.82) is 0 Å². The maximum absolute atomic E-state index is 11.5. The summed E-state index contributed by atoms with van der Waals surface area (Å²) >= 11 is 0. The highest BCUT2D eigenvalue weighted by Crippen LogP contribution is 2.11. The summed E-state index contributed by atoms with van der Waals surface area (Å²) in [5.74, 6) is -0.191. The molecule has 0 fully saturated rings. The molecule has 116 valence electrons. The second-order valence-corrected chi connectivity index (χ2v) is 4.23. The van der Waals surface area contributed by atoms with Gasteiger partial charge in [-0.15, -0.1) is 6.58 Å². The fourth-order valence-corrected chi connectivity index (χ4v) is 1.45. The van der Waals surface area contributed by atoms with Crippen molar-refractivity contribution in [3.05, 3.63) is 55.1 Å². The van der Waals surface area contributed by atoms with Crippen LogP contribution in [0.3, 0.4) is 0 Å². The lowest BCUT2D eigenvalue weighted by atomic mass is 10.2. The first-order valence-corrected chi connectivity index (χ1v) is 6.69. The number of hydrogen-bond donors (Lipinski definition) is 2. The highest BCUT2D eigenvalue weighted by atomic mass is 16.5. The van der Waals surface area contributed by atoms with Gasteiger partial charge in [-0.25, -0.2) is 5.43 Å². The SMILES string of the molecule is C=CCNC(=O)CC(=O)N/N=C\c1cccc(OCC=C)c1. The van der Waals surface area contributed by atoms with Crippen molar-refractivity contribution in [2.45, 2.75) is 6.42 Å². The second-order valence-electron chi connectivity index (χ2n) is 4.23. The Morgan fingerprint density at radius 3 is 2.77 bits per heavy atom. The van der Waals surface area contributed by atoms with Crippen molar-refractivity contribution in [2.75, 3.05) is 13.2 Å². The van der Waals surface area contributed by atoms with Crippen LogP contribution in [0.25, 0.3) is 0 Å². The average molecular weight is 301 g/mol. The molecule has 6 nitrogen and oxygen atoms in total. The number of ether oxygens (including phenoxy) is 1. The maximum Gasteiger partial charge on any atom is 0.249 e. The number of nitrogens with zero attached hydrogens (tertiary/aromatic N) is 1. The van der Waals surface area contributed by atoms with Crippen LogP contribution >= 0.6 is 0 Å². The zero-order chi connectivity index (χ0) is 16.2. The lowest BCUT2D eigenvalue weighted by Gasteiger charge is -2.03. The molecule has 0 bridgehead atoms. The Morgan fingerprint density at radius 1 is 1.23 bits per heavy atom. The number of hydrazone groups is 1. The van der Waals surface area contributed by atoms with Crippen molar-refractivity contribution >= 4 is 18.0 Å². The molecule has 0 aliphatic carbocycles. The van der Waals surface area contributed by atoms with Gasteiger partial charge in [0.2, 0.25) is 11.8 Å². The second kappa shape index (κ2) is 9.93. The molecule has 2 amide bonds. The molecule has 2 N–H and O–H groups in total. The molecule has 6 heteroatoms. The maximum atomic E-state index is 11.5. The zero-order valence-corrected chi connectivity index (χ0v) is 12.2. The summed E-state index contributed by atoms with van der Waals surface area (Å²) in [5, 5.41) is 6.30. The molecule has 1 aromatic carbocycles. The molecule has 22 heavy (non-hydrogen) atoms. The van der Waals surface area contributed by atoms with E-state index in [1.54, 1.807) is 12.1 Å². The van der Waals surface area contributed by atoms with Crippen LogP contribution in [0.4, 0.5) is 0 Å². The Hall–Kier alpha value is -2.89. The molecule has 0 aliphatic heterocycles. The van der Waals surface area contributed by atoms with Crippen LogP contribution in [0.5, 0.6) is 5.75 Å². The smallest absolute Gasteiger partial charge is 0.249 e. The monoisotopic (exact) mass is 301 g/mol. The summed E-state index contributed by atoms with van der Waals surface area (Å²) in [6, 6.07) is 7.21. The van der Waals surface area contributed by atoms with Crippen molar-refractivity contribution in [2.24, 2.45) is 5.10 Å². The van der Waals surface area contributed by atoms with E-state index in [2.05, 4.69) is 29.0 Å². The minimum atomic E-state index is -0.489. The molecule has 1 rings (SSSR count). The molecule has 0 unspecified atom stereocenters. The molecule has 1 aromatic rings. The summed E-state index contributed by atoms with van der Waals surface area (Å²) in [6.07, 6.45) is 4.38. The van der Waals surface area contributed by atoms with E-state index in [4.69, 9.17) is 4.74 Å². The van der Waals surface area contributed by atoms with E-state index in [0.717, 1.165) is 5.56 Å². The average Bonchev–Trinajstić information content (AvgIpc) is 2.51. The van der Waals surface area contributed by atoms with E-state index in [1.165, 1.54) is 12.3 Å². The highest BCUT2D eigenvalue weighted by molar-refractivity contribution is 5.97. The third kappa shape index (κ3) is 7.04. The van der Waals surface area contributed by atoms with Crippen molar-refractivity contribution in [3.63, 3.8) is 0 Å². The molecule has 0 aromatic heterocycles. The molecule has 0 spiro atoms. The van der Waals surface area contributed by atoms with E-state index in [-0.39, 0.29) is 12.3 Å². The Kier molecular flexibility index (Phi) is 7.74. The lowest BCUT2D eigenvalue weighted by Crippen LogP contribution is -2.29. The van der Waals surface area contributed by atoms with Crippen LogP contribution in [-0.2, 0) is 9.59 Å². The van der Waals surface area contributed by atoms with Crippen molar-refractivity contribution in [3.8, 4) is 5.75 Å². The number of carbonyl (C=O) groups is 2. The lowest BCUT2D eigenvalue weighted by molar-refractivity contribution is -0.129. The van der Waals surface area contributed by atoms with Gasteiger partial charge >= 0.3 is 0 Å². The van der Waals surface area contributed by atoms with Crippen molar-refractivity contribution in [1.82, 2.24) is 10.7 Å². The fourth-order valence-electron chi connectivity index (χ4n) is 1.45. The minimum Gasteiger partial charge on any atom is -0.490 e. The number of amides is 2. The predicted molar refractivity (Wildman–Crippen MR) is 85.7 cm³/mol. The number of rotatable bonds is 9. The van der Waals surface area contributed by atoms with Crippen LogP contribution in [0.2, 0.25) is 0 Å². The van der Waals surface area contributed by atoms with Crippen LogP contribution in [0.15, 0.2) is 54.7 Å². The van der Waals surface area contributed by atoms with E-state index >= 15 is 0 Å². The van der Waals surface area contributed by atoms with Gasteiger partial charge in [0.1, 0.15) is 18.8 Å². The van der Waals surface area contributed by atoms with E-state index in [0.29, 0.717) is 18.9 Å². The van der Waals surface area contributed by atoms with Gasteiger partial charge in [0, 0.05) is 6.54 Å². The number of hydrogen-bond acceptors (Lipinski definition) is 4. The first-order valence-electron chi connectivity index (χ1n) is 6.69. The van der Waals surface area contributed by atoms with Gasteiger partial charge in [0.25, 0.3) is 0 Å². The largest absolute Gasteiger partial charge is 0.490 e. The number of nitrogens with one attached hydrogen (secondary N) is 2. The quantitative estimate of drug-likeness (QED) is 0.313. The molecule has 0 saturated carbocycles. The Bertz CT molecular complexity index is 568. The molecular formula is C16H19N3O3. The summed E-state index contributed by atoms with van der Waals surface area (Å²) < 4.78 is 5.39. The van der Waals surface area contributed by atoms with Gasteiger partial charge in [-0.3, -0.25) is 9.59 Å². The molecule has 0 radical (unpaired) electrons. The van der Waals surface area contributed by atoms with Gasteiger partial charge < -0.3 is 10.1 Å². The molecule has 0 saturated heterocycles. The third-order valence-corrected chi connectivity index (χ3v) is 2.39. The predicted octanol–water partition coefficient (Wildman–Crippen LogP) is 1.39. The Balaban J connectivity index is 2.44. The van der Waals surface area contributed by atoms with Crippen LogP contribution in [0, 0.1) is 0 Å². The standard InChI is InChI=1S/C16H19N3O3/c1-3-8-17-15(20)11-16(21)19-18-12-13-6-5-7-14(10-13)22-9-4-2/h3-7,10,12H,1-2,8-9,11H2,(H,17,20)(H,19,21)/b18-12-. The first-order chi connectivity index (χ1) is 10.7. The van der Waals surface area contributed by atoms with Crippen LogP contribution in [0.1, 0.15) is 12.0 Å². The Labute approximate surface area is 129 Å². The normalized spacial score (nSPS) is 10.0. The molecule has 0 heterocycles.